The van der Waals surface area contributed by atoms with Gasteiger partial charge in [0.25, 0.3) is 11.8 Å². The molecule has 0 unspecified atom stereocenters. The second-order valence-corrected chi connectivity index (χ2v) is 16.4. The lowest BCUT2D eigenvalue weighted by Gasteiger charge is -2.28. The van der Waals surface area contributed by atoms with Gasteiger partial charge < -0.3 is 30.3 Å². The zero-order chi connectivity index (χ0) is 39.9. The van der Waals surface area contributed by atoms with Crippen molar-refractivity contribution < 1.29 is 38.9 Å². The molecule has 2 fully saturated rings. The molecule has 2 aromatic heterocycles. The van der Waals surface area contributed by atoms with Crippen molar-refractivity contribution in [3.8, 4) is 11.1 Å². The molecule has 17 heteroatoms. The first-order valence-electron chi connectivity index (χ1n) is 18.4. The fourth-order valence-electron chi connectivity index (χ4n) is 7.04. The number of halogens is 1. The molecule has 14 nitrogen and oxygen atoms in total. The Hall–Kier alpha value is -4.29. The SMILES string of the molecule is Cc1nc(C(=O)Nc2cccc(-c3cccc(NC(=O)c4nc(C)c(CN[C@H](C(=O)O)C5CCOCC5)s4)c3Cl)c2C)sc1CN[C@H](C(=O)O)C1CCOCC1. The summed E-state index contributed by atoms with van der Waals surface area (Å²) in [5.41, 5.74) is 4.35. The summed E-state index contributed by atoms with van der Waals surface area (Å²) in [6.45, 7) is 8.14. The van der Waals surface area contributed by atoms with Gasteiger partial charge in [-0.05, 0) is 81.5 Å². The van der Waals surface area contributed by atoms with Gasteiger partial charge in [0, 0.05) is 60.5 Å². The van der Waals surface area contributed by atoms with Crippen molar-refractivity contribution >= 4 is 69.4 Å². The van der Waals surface area contributed by atoms with Crippen LogP contribution in [-0.2, 0) is 32.2 Å². The number of carboxylic acid groups (broad SMARTS) is 2. The molecule has 0 radical (unpaired) electrons. The Morgan fingerprint density at radius 3 is 1.61 bits per heavy atom. The molecule has 4 aromatic rings. The van der Waals surface area contributed by atoms with E-state index < -0.39 is 35.8 Å². The third-order valence-corrected chi connectivity index (χ3v) is 13.0. The lowest BCUT2D eigenvalue weighted by atomic mass is 9.92. The first kappa shape index (κ1) is 41.3. The average molecular weight is 825 g/mol. The van der Waals surface area contributed by atoms with Crippen LogP contribution in [0.15, 0.2) is 36.4 Å². The van der Waals surface area contributed by atoms with Gasteiger partial charge in [0.15, 0.2) is 10.0 Å². The first-order valence-corrected chi connectivity index (χ1v) is 20.4. The highest BCUT2D eigenvalue weighted by Gasteiger charge is 2.31. The van der Waals surface area contributed by atoms with Crippen molar-refractivity contribution in [3.63, 3.8) is 0 Å². The van der Waals surface area contributed by atoms with Crippen LogP contribution in [0.3, 0.4) is 0 Å². The normalized spacial score (nSPS) is 16.3. The molecule has 2 aliphatic heterocycles. The van der Waals surface area contributed by atoms with Crippen molar-refractivity contribution in [2.75, 3.05) is 37.1 Å². The Morgan fingerprint density at radius 2 is 1.14 bits per heavy atom. The summed E-state index contributed by atoms with van der Waals surface area (Å²) >= 11 is 9.32. The van der Waals surface area contributed by atoms with E-state index in [4.69, 9.17) is 21.1 Å². The van der Waals surface area contributed by atoms with Crippen molar-refractivity contribution in [2.24, 2.45) is 11.8 Å². The van der Waals surface area contributed by atoms with Crippen molar-refractivity contribution in [3.05, 3.63) is 78.1 Å². The number of aliphatic carboxylic acids is 2. The number of rotatable bonds is 15. The molecule has 56 heavy (non-hydrogen) atoms. The van der Waals surface area contributed by atoms with Crippen LogP contribution >= 0.6 is 34.3 Å². The van der Waals surface area contributed by atoms with Gasteiger partial charge in [-0.25, -0.2) is 9.97 Å². The zero-order valence-corrected chi connectivity index (χ0v) is 33.7. The summed E-state index contributed by atoms with van der Waals surface area (Å²) in [5, 5.41) is 32.6. The van der Waals surface area contributed by atoms with E-state index >= 15 is 0 Å². The van der Waals surface area contributed by atoms with Gasteiger partial charge in [-0.1, -0.05) is 35.9 Å². The second-order valence-electron chi connectivity index (χ2n) is 13.9. The smallest absolute Gasteiger partial charge is 0.320 e. The van der Waals surface area contributed by atoms with Gasteiger partial charge >= 0.3 is 11.9 Å². The predicted molar refractivity (Wildman–Crippen MR) is 215 cm³/mol. The molecule has 0 bridgehead atoms. The standard InChI is InChI=1S/C39H45ClN6O8S2/c1-20-25(6-4-8-27(20)45-34(47)36-43-21(2)29(55-36)18-41-32(38(49)50)23-10-14-53-15-11-23)26-7-5-9-28(31(26)40)46-35(48)37-44-22(3)30(56-37)19-42-33(39(51)52)24-12-16-54-17-13-24/h4-9,23-24,32-33,41-42H,10-19H2,1-3H3,(H,45,47)(H,46,48)(H,49,50)(H,51,52)/t32-,33-/m0/s1. The summed E-state index contributed by atoms with van der Waals surface area (Å²) < 4.78 is 10.8. The maximum atomic E-state index is 13.4. The van der Waals surface area contributed by atoms with E-state index in [2.05, 4.69) is 31.2 Å². The molecule has 0 spiro atoms. The lowest BCUT2D eigenvalue weighted by molar-refractivity contribution is -0.143. The molecule has 2 aromatic carbocycles. The van der Waals surface area contributed by atoms with Crippen molar-refractivity contribution in [1.82, 2.24) is 20.6 Å². The summed E-state index contributed by atoms with van der Waals surface area (Å²) in [6.07, 6.45) is 2.67. The number of anilines is 2. The van der Waals surface area contributed by atoms with Gasteiger partial charge in [0.2, 0.25) is 0 Å². The Kier molecular flexibility index (Phi) is 13.9. The van der Waals surface area contributed by atoms with Crippen LogP contribution < -0.4 is 21.3 Å². The third kappa shape index (κ3) is 9.80. The number of nitrogens with one attached hydrogen (secondary N) is 4. The van der Waals surface area contributed by atoms with E-state index in [9.17, 15) is 29.4 Å². The number of aromatic nitrogens is 2. The summed E-state index contributed by atoms with van der Waals surface area (Å²) in [6, 6.07) is 9.31. The number of hydrogen-bond donors (Lipinski definition) is 6. The molecule has 2 aliphatic rings. The predicted octanol–water partition coefficient (Wildman–Crippen LogP) is 6.29. The van der Waals surface area contributed by atoms with Gasteiger partial charge in [-0.15, -0.1) is 22.7 Å². The molecular formula is C39H45ClN6O8S2. The monoisotopic (exact) mass is 824 g/mol. The van der Waals surface area contributed by atoms with E-state index in [1.165, 1.54) is 22.7 Å². The number of nitrogens with zero attached hydrogens (tertiary/aromatic N) is 2. The molecular weight excluding hydrogens is 780 g/mol. The number of carboxylic acids is 2. The molecule has 4 heterocycles. The van der Waals surface area contributed by atoms with E-state index in [-0.39, 0.29) is 34.9 Å². The number of amides is 2. The van der Waals surface area contributed by atoms with Crippen LogP contribution in [0.4, 0.5) is 11.4 Å². The molecule has 2 amide bonds. The van der Waals surface area contributed by atoms with Crippen LogP contribution in [-0.4, -0.2) is 82.4 Å². The lowest BCUT2D eigenvalue weighted by Crippen LogP contribution is -2.44. The van der Waals surface area contributed by atoms with Gasteiger partial charge in [-0.2, -0.15) is 0 Å². The number of hydrogen-bond acceptors (Lipinski definition) is 12. The quantitative estimate of drug-likeness (QED) is 0.0784. The number of carbonyl (C=O) groups is 4. The van der Waals surface area contributed by atoms with Crippen LogP contribution in [0.1, 0.15) is 72.0 Å². The third-order valence-electron chi connectivity index (χ3n) is 10.3. The number of ether oxygens (including phenoxy) is 2. The topological polar surface area (TPSA) is 201 Å². The molecule has 2 saturated heterocycles. The molecule has 2 atom stereocenters. The summed E-state index contributed by atoms with van der Waals surface area (Å²) in [5.74, 6) is -2.75. The minimum absolute atomic E-state index is 0.0367. The Balaban J connectivity index is 1.11. The zero-order valence-electron chi connectivity index (χ0n) is 31.3. The highest BCUT2D eigenvalue weighted by molar-refractivity contribution is 7.14. The van der Waals surface area contributed by atoms with E-state index in [1.54, 1.807) is 38.1 Å². The molecule has 0 aliphatic carbocycles. The van der Waals surface area contributed by atoms with Crippen LogP contribution in [0.5, 0.6) is 0 Å². The van der Waals surface area contributed by atoms with Crippen molar-refractivity contribution in [1.29, 1.82) is 0 Å². The second kappa shape index (κ2) is 18.8. The van der Waals surface area contributed by atoms with Crippen LogP contribution in [0.2, 0.25) is 5.02 Å². The van der Waals surface area contributed by atoms with E-state index in [1.807, 2.05) is 19.1 Å². The number of aryl methyl sites for hydroxylation is 2. The van der Waals surface area contributed by atoms with Gasteiger partial charge in [0.05, 0.1) is 22.1 Å². The Labute approximate surface area is 337 Å². The fraction of sp³-hybridized carbons (Fsp3) is 0.436. The molecule has 6 rings (SSSR count). The van der Waals surface area contributed by atoms with Crippen LogP contribution in [0, 0.1) is 32.6 Å². The summed E-state index contributed by atoms with van der Waals surface area (Å²) in [4.78, 5) is 61.4. The highest BCUT2D eigenvalue weighted by Crippen LogP contribution is 2.38. The molecule has 6 N–H and O–H groups in total. The van der Waals surface area contributed by atoms with Gasteiger partial charge in [-0.3, -0.25) is 29.8 Å². The minimum Gasteiger partial charge on any atom is -0.480 e. The summed E-state index contributed by atoms with van der Waals surface area (Å²) in [7, 11) is 0. The number of thiazole rings is 2. The Morgan fingerprint density at radius 1 is 0.714 bits per heavy atom. The largest absolute Gasteiger partial charge is 0.480 e. The van der Waals surface area contributed by atoms with E-state index in [0.717, 1.165) is 20.9 Å². The molecule has 0 saturated carbocycles. The first-order chi connectivity index (χ1) is 26.9. The highest BCUT2D eigenvalue weighted by atomic mass is 35.5. The van der Waals surface area contributed by atoms with E-state index in [0.29, 0.717) is 85.5 Å². The number of benzene rings is 2. The maximum absolute atomic E-state index is 13.4. The molecule has 298 valence electrons. The number of carbonyl (C=O) groups excluding carboxylic acids is 2. The van der Waals surface area contributed by atoms with Crippen molar-refractivity contribution in [2.45, 2.75) is 71.6 Å². The van der Waals surface area contributed by atoms with Gasteiger partial charge in [0.1, 0.15) is 12.1 Å². The maximum Gasteiger partial charge on any atom is 0.320 e. The average Bonchev–Trinajstić information content (AvgIpc) is 3.75. The Bertz CT molecular complexity index is 1930. The fourth-order valence-corrected chi connectivity index (χ4v) is 9.14. The van der Waals surface area contributed by atoms with Crippen LogP contribution in [0.25, 0.3) is 11.1 Å². The minimum atomic E-state index is -0.915.